The molecule has 0 fully saturated rings. The van der Waals surface area contributed by atoms with Crippen molar-refractivity contribution in [3.05, 3.63) is 35.1 Å². The molecule has 17 heavy (non-hydrogen) atoms. The summed E-state index contributed by atoms with van der Waals surface area (Å²) < 4.78 is 13.2. The minimum atomic E-state index is -1.07. The van der Waals surface area contributed by atoms with E-state index in [0.717, 1.165) is 5.56 Å². The van der Waals surface area contributed by atoms with Crippen molar-refractivity contribution < 1.29 is 9.50 Å². The first kappa shape index (κ1) is 14.1. The fourth-order valence-corrected chi connectivity index (χ4v) is 1.71. The smallest absolute Gasteiger partial charge is 0.123 e. The maximum Gasteiger partial charge on any atom is 0.123 e. The molecule has 96 valence electrons. The first-order chi connectivity index (χ1) is 7.62. The molecule has 1 aromatic rings. The van der Waals surface area contributed by atoms with Crippen LogP contribution in [0.2, 0.25) is 0 Å². The minimum absolute atomic E-state index is 0.0782. The molecule has 0 heterocycles. The molecule has 0 saturated heterocycles. The van der Waals surface area contributed by atoms with Crippen molar-refractivity contribution in [2.75, 3.05) is 6.54 Å². The van der Waals surface area contributed by atoms with Gasteiger partial charge in [-0.2, -0.15) is 0 Å². The molecular weight excluding hydrogens is 217 g/mol. The molecule has 2 nitrogen and oxygen atoms in total. The summed E-state index contributed by atoms with van der Waals surface area (Å²) in [5.74, 6) is -0.318. The van der Waals surface area contributed by atoms with Gasteiger partial charge >= 0.3 is 0 Å². The minimum Gasteiger partial charge on any atom is -0.384 e. The lowest BCUT2D eigenvalue weighted by Crippen LogP contribution is -2.45. The average Bonchev–Trinajstić information content (AvgIpc) is 2.18. The molecule has 1 unspecified atom stereocenters. The Kier molecular flexibility index (Phi) is 3.95. The van der Waals surface area contributed by atoms with Crippen LogP contribution in [0.5, 0.6) is 0 Å². The van der Waals surface area contributed by atoms with Gasteiger partial charge in [0.25, 0.3) is 0 Å². The molecule has 1 atom stereocenters. The van der Waals surface area contributed by atoms with Crippen LogP contribution in [0.1, 0.15) is 38.8 Å². The van der Waals surface area contributed by atoms with E-state index in [0.29, 0.717) is 12.1 Å². The van der Waals surface area contributed by atoms with Gasteiger partial charge in [-0.15, -0.1) is 0 Å². The SMILES string of the molecule is Cc1ccc(F)cc1C(C)(O)CNC(C)(C)C. The second kappa shape index (κ2) is 4.75. The number of aryl methyl sites for hydroxylation is 1. The van der Waals surface area contributed by atoms with E-state index in [1.54, 1.807) is 13.0 Å². The Morgan fingerprint density at radius 2 is 1.82 bits per heavy atom. The van der Waals surface area contributed by atoms with Gasteiger partial charge in [0.1, 0.15) is 5.82 Å². The number of aliphatic hydroxyl groups is 1. The van der Waals surface area contributed by atoms with Crippen molar-refractivity contribution in [2.45, 2.75) is 45.8 Å². The Morgan fingerprint density at radius 1 is 1.24 bits per heavy atom. The van der Waals surface area contributed by atoms with E-state index in [1.807, 2.05) is 27.7 Å². The van der Waals surface area contributed by atoms with Gasteiger partial charge in [0, 0.05) is 12.1 Å². The van der Waals surface area contributed by atoms with E-state index in [4.69, 9.17) is 0 Å². The van der Waals surface area contributed by atoms with Crippen molar-refractivity contribution in [1.82, 2.24) is 5.32 Å². The highest BCUT2D eigenvalue weighted by Crippen LogP contribution is 2.24. The molecule has 0 aromatic heterocycles. The summed E-state index contributed by atoms with van der Waals surface area (Å²) in [5, 5.41) is 13.7. The van der Waals surface area contributed by atoms with Gasteiger partial charge in [0.2, 0.25) is 0 Å². The quantitative estimate of drug-likeness (QED) is 0.850. The Balaban J connectivity index is 2.92. The summed E-state index contributed by atoms with van der Waals surface area (Å²) in [4.78, 5) is 0. The fraction of sp³-hybridized carbons (Fsp3) is 0.571. The summed E-state index contributed by atoms with van der Waals surface area (Å²) in [6.07, 6.45) is 0. The number of hydrogen-bond acceptors (Lipinski definition) is 2. The second-order valence-electron chi connectivity index (χ2n) is 5.84. The number of hydrogen-bond donors (Lipinski definition) is 2. The molecule has 0 spiro atoms. The van der Waals surface area contributed by atoms with Gasteiger partial charge in [-0.25, -0.2) is 4.39 Å². The Hall–Kier alpha value is -0.930. The number of benzene rings is 1. The predicted molar refractivity (Wildman–Crippen MR) is 68.5 cm³/mol. The van der Waals surface area contributed by atoms with Gasteiger partial charge < -0.3 is 10.4 Å². The van der Waals surface area contributed by atoms with Crippen LogP contribution in [-0.2, 0) is 5.60 Å². The zero-order valence-corrected chi connectivity index (χ0v) is 11.3. The lowest BCUT2D eigenvalue weighted by molar-refractivity contribution is 0.0492. The normalized spacial score (nSPS) is 15.7. The van der Waals surface area contributed by atoms with Crippen LogP contribution in [0.4, 0.5) is 4.39 Å². The average molecular weight is 239 g/mol. The van der Waals surface area contributed by atoms with Crippen LogP contribution in [-0.4, -0.2) is 17.2 Å². The first-order valence-corrected chi connectivity index (χ1v) is 5.86. The van der Waals surface area contributed by atoms with Gasteiger partial charge in [0.15, 0.2) is 0 Å². The van der Waals surface area contributed by atoms with E-state index >= 15 is 0 Å². The molecule has 3 heteroatoms. The highest BCUT2D eigenvalue weighted by Gasteiger charge is 2.27. The van der Waals surface area contributed by atoms with Gasteiger partial charge in [-0.1, -0.05) is 6.07 Å². The van der Waals surface area contributed by atoms with Crippen molar-refractivity contribution in [1.29, 1.82) is 0 Å². The van der Waals surface area contributed by atoms with Crippen LogP contribution in [0.15, 0.2) is 18.2 Å². The molecule has 0 aliphatic heterocycles. The van der Waals surface area contributed by atoms with Crippen LogP contribution >= 0.6 is 0 Å². The fourth-order valence-electron chi connectivity index (χ4n) is 1.71. The highest BCUT2D eigenvalue weighted by atomic mass is 19.1. The maximum atomic E-state index is 13.2. The van der Waals surface area contributed by atoms with E-state index in [2.05, 4.69) is 5.32 Å². The third-order valence-electron chi connectivity index (χ3n) is 2.74. The van der Waals surface area contributed by atoms with Gasteiger partial charge in [-0.3, -0.25) is 0 Å². The monoisotopic (exact) mass is 239 g/mol. The van der Waals surface area contributed by atoms with Crippen molar-refractivity contribution >= 4 is 0 Å². The molecule has 0 aliphatic carbocycles. The van der Waals surface area contributed by atoms with Crippen molar-refractivity contribution in [2.24, 2.45) is 0 Å². The van der Waals surface area contributed by atoms with E-state index < -0.39 is 5.60 Å². The number of rotatable bonds is 3. The molecule has 0 bridgehead atoms. The Bertz CT molecular complexity index is 394. The molecular formula is C14H22FNO. The third kappa shape index (κ3) is 4.10. The largest absolute Gasteiger partial charge is 0.384 e. The first-order valence-electron chi connectivity index (χ1n) is 5.86. The molecule has 2 N–H and O–H groups in total. The molecule has 0 radical (unpaired) electrons. The van der Waals surface area contributed by atoms with E-state index in [9.17, 15) is 9.50 Å². The second-order valence-corrected chi connectivity index (χ2v) is 5.84. The van der Waals surface area contributed by atoms with E-state index in [1.165, 1.54) is 12.1 Å². The van der Waals surface area contributed by atoms with Crippen LogP contribution in [0, 0.1) is 12.7 Å². The third-order valence-corrected chi connectivity index (χ3v) is 2.74. The van der Waals surface area contributed by atoms with Gasteiger partial charge in [-0.05, 0) is 57.9 Å². The topological polar surface area (TPSA) is 32.3 Å². The summed E-state index contributed by atoms with van der Waals surface area (Å²) in [6.45, 7) is 10.1. The summed E-state index contributed by atoms with van der Waals surface area (Å²) in [7, 11) is 0. The standard InChI is InChI=1S/C14H22FNO/c1-10-6-7-11(15)8-12(10)14(5,17)9-16-13(2,3)4/h6-8,16-17H,9H2,1-5H3. The molecule has 0 saturated carbocycles. The van der Waals surface area contributed by atoms with E-state index in [-0.39, 0.29) is 11.4 Å². The zero-order chi connectivity index (χ0) is 13.3. The molecule has 1 aromatic carbocycles. The number of nitrogens with one attached hydrogen (secondary N) is 1. The number of halogens is 1. The summed E-state index contributed by atoms with van der Waals surface area (Å²) in [6, 6.07) is 4.50. The predicted octanol–water partition coefficient (Wildman–Crippen LogP) is 2.73. The van der Waals surface area contributed by atoms with Gasteiger partial charge in [0.05, 0.1) is 5.60 Å². The van der Waals surface area contributed by atoms with Crippen molar-refractivity contribution in [3.8, 4) is 0 Å². The maximum absolute atomic E-state index is 13.2. The van der Waals surface area contributed by atoms with Crippen molar-refractivity contribution in [3.63, 3.8) is 0 Å². The summed E-state index contributed by atoms with van der Waals surface area (Å²) in [5.41, 5.74) is 0.381. The molecule has 1 rings (SSSR count). The van der Waals surface area contributed by atoms with Crippen LogP contribution < -0.4 is 5.32 Å². The van der Waals surface area contributed by atoms with Crippen LogP contribution in [0.25, 0.3) is 0 Å². The lowest BCUT2D eigenvalue weighted by atomic mass is 9.91. The molecule has 0 aliphatic rings. The van der Waals surface area contributed by atoms with Crippen LogP contribution in [0.3, 0.4) is 0 Å². The number of β-amino-alcohol motifs (C(OH)–C–C–N with tert-alkyl or cyclic N) is 1. The lowest BCUT2D eigenvalue weighted by Gasteiger charge is -2.30. The molecule has 0 amide bonds. The zero-order valence-electron chi connectivity index (χ0n) is 11.3. The Morgan fingerprint density at radius 3 is 2.35 bits per heavy atom. The Labute approximate surface area is 103 Å². The summed E-state index contributed by atoms with van der Waals surface area (Å²) >= 11 is 0. The highest BCUT2D eigenvalue weighted by molar-refractivity contribution is 5.31.